The lowest BCUT2D eigenvalue weighted by molar-refractivity contribution is 0.627. The first kappa shape index (κ1) is 13.0. The number of thiophene rings is 1. The standard InChI is InChI=1S/C16H18N4S/c1-2-4-16-15(3-1)13(11-21-16)9-20-10-14(18-19-20)8-17-7-12-5-6-12/h1-4,10-12,17H,5-9H2. The molecule has 1 aromatic carbocycles. The fourth-order valence-corrected chi connectivity index (χ4v) is 3.51. The van der Waals surface area contributed by atoms with Crippen LogP contribution in [0.4, 0.5) is 0 Å². The van der Waals surface area contributed by atoms with E-state index in [-0.39, 0.29) is 0 Å². The van der Waals surface area contributed by atoms with Crippen molar-refractivity contribution in [1.29, 1.82) is 0 Å². The molecular weight excluding hydrogens is 280 g/mol. The summed E-state index contributed by atoms with van der Waals surface area (Å²) in [5.41, 5.74) is 2.34. The average molecular weight is 298 g/mol. The molecule has 1 aliphatic carbocycles. The molecule has 0 unspecified atom stereocenters. The molecule has 0 atom stereocenters. The topological polar surface area (TPSA) is 42.7 Å². The van der Waals surface area contributed by atoms with Crippen LogP contribution in [0.2, 0.25) is 0 Å². The average Bonchev–Trinajstić information content (AvgIpc) is 3.08. The van der Waals surface area contributed by atoms with Crippen molar-refractivity contribution in [3.63, 3.8) is 0 Å². The van der Waals surface area contributed by atoms with Crippen molar-refractivity contribution in [2.24, 2.45) is 5.92 Å². The van der Waals surface area contributed by atoms with Gasteiger partial charge in [0.15, 0.2) is 0 Å². The van der Waals surface area contributed by atoms with Gasteiger partial charge >= 0.3 is 0 Å². The van der Waals surface area contributed by atoms with E-state index in [1.54, 1.807) is 11.3 Å². The zero-order valence-corrected chi connectivity index (χ0v) is 12.6. The van der Waals surface area contributed by atoms with Gasteiger partial charge in [-0.3, -0.25) is 0 Å². The van der Waals surface area contributed by atoms with Crippen LogP contribution >= 0.6 is 11.3 Å². The van der Waals surface area contributed by atoms with E-state index in [2.05, 4.69) is 45.3 Å². The van der Waals surface area contributed by atoms with E-state index in [4.69, 9.17) is 0 Å². The van der Waals surface area contributed by atoms with Crippen LogP contribution in [0.25, 0.3) is 10.1 Å². The molecule has 0 aliphatic heterocycles. The second kappa shape index (κ2) is 5.58. The van der Waals surface area contributed by atoms with E-state index in [1.807, 2.05) is 10.9 Å². The second-order valence-electron chi connectivity index (χ2n) is 5.74. The highest BCUT2D eigenvalue weighted by atomic mass is 32.1. The molecule has 1 N–H and O–H groups in total. The van der Waals surface area contributed by atoms with Gasteiger partial charge in [-0.2, -0.15) is 0 Å². The molecular formula is C16H18N4S. The van der Waals surface area contributed by atoms with Crippen LogP contribution in [0.5, 0.6) is 0 Å². The maximum atomic E-state index is 4.25. The number of benzene rings is 1. The lowest BCUT2D eigenvalue weighted by Gasteiger charge is -2.00. The van der Waals surface area contributed by atoms with Gasteiger partial charge in [0.05, 0.1) is 18.4 Å². The summed E-state index contributed by atoms with van der Waals surface area (Å²) >= 11 is 1.79. The Kier molecular flexibility index (Phi) is 3.45. The van der Waals surface area contributed by atoms with Crippen LogP contribution in [0.3, 0.4) is 0 Å². The molecule has 1 aliphatic rings. The van der Waals surface area contributed by atoms with Gasteiger partial charge in [-0.25, -0.2) is 4.68 Å². The lowest BCUT2D eigenvalue weighted by atomic mass is 10.2. The van der Waals surface area contributed by atoms with Gasteiger partial charge in [0.1, 0.15) is 0 Å². The van der Waals surface area contributed by atoms with E-state index < -0.39 is 0 Å². The van der Waals surface area contributed by atoms with Gasteiger partial charge < -0.3 is 5.32 Å². The Morgan fingerprint density at radius 2 is 2.19 bits per heavy atom. The molecule has 2 aromatic heterocycles. The molecule has 4 nitrogen and oxygen atoms in total. The predicted molar refractivity (Wildman–Crippen MR) is 85.4 cm³/mol. The van der Waals surface area contributed by atoms with Crippen molar-refractivity contribution < 1.29 is 0 Å². The van der Waals surface area contributed by atoms with E-state index in [9.17, 15) is 0 Å². The summed E-state index contributed by atoms with van der Waals surface area (Å²) in [7, 11) is 0. The zero-order valence-electron chi connectivity index (χ0n) is 11.8. The Hall–Kier alpha value is -1.72. The molecule has 2 heterocycles. The molecule has 0 bridgehead atoms. The van der Waals surface area contributed by atoms with E-state index >= 15 is 0 Å². The molecule has 21 heavy (non-hydrogen) atoms. The van der Waals surface area contributed by atoms with Crippen molar-refractivity contribution in [1.82, 2.24) is 20.3 Å². The molecule has 5 heteroatoms. The Morgan fingerprint density at radius 1 is 1.29 bits per heavy atom. The predicted octanol–water partition coefficient (Wildman–Crippen LogP) is 3.04. The molecule has 108 valence electrons. The van der Waals surface area contributed by atoms with Gasteiger partial charge in [-0.15, -0.1) is 16.4 Å². The minimum absolute atomic E-state index is 0.791. The highest BCUT2D eigenvalue weighted by Crippen LogP contribution is 2.27. The highest BCUT2D eigenvalue weighted by Gasteiger charge is 2.20. The van der Waals surface area contributed by atoms with Gasteiger partial charge in [-0.05, 0) is 47.7 Å². The lowest BCUT2D eigenvalue weighted by Crippen LogP contribution is -2.16. The molecule has 0 amide bonds. The normalized spacial score (nSPS) is 14.9. The summed E-state index contributed by atoms with van der Waals surface area (Å²) in [6, 6.07) is 8.52. The summed E-state index contributed by atoms with van der Waals surface area (Å²) in [4.78, 5) is 0. The van der Waals surface area contributed by atoms with E-state index in [0.717, 1.165) is 31.2 Å². The maximum Gasteiger partial charge on any atom is 0.0964 e. The number of nitrogens with one attached hydrogen (secondary N) is 1. The van der Waals surface area contributed by atoms with Crippen molar-refractivity contribution in [3.05, 3.63) is 47.1 Å². The van der Waals surface area contributed by atoms with Crippen LogP contribution in [0.1, 0.15) is 24.1 Å². The summed E-state index contributed by atoms with van der Waals surface area (Å²) in [5, 5.41) is 15.5. The second-order valence-corrected chi connectivity index (χ2v) is 6.65. The monoisotopic (exact) mass is 298 g/mol. The number of fused-ring (bicyclic) bond motifs is 1. The van der Waals surface area contributed by atoms with Crippen molar-refractivity contribution in [2.75, 3.05) is 6.54 Å². The first-order chi connectivity index (χ1) is 10.4. The Labute approximate surface area is 127 Å². The minimum Gasteiger partial charge on any atom is -0.311 e. The smallest absolute Gasteiger partial charge is 0.0964 e. The molecule has 0 radical (unpaired) electrons. The molecule has 4 rings (SSSR count). The number of nitrogens with zero attached hydrogens (tertiary/aromatic N) is 3. The number of aromatic nitrogens is 3. The fourth-order valence-electron chi connectivity index (χ4n) is 2.55. The third kappa shape index (κ3) is 2.99. The first-order valence-electron chi connectivity index (χ1n) is 7.43. The fraction of sp³-hybridized carbons (Fsp3) is 0.375. The van der Waals surface area contributed by atoms with Crippen LogP contribution in [0, 0.1) is 5.92 Å². The van der Waals surface area contributed by atoms with Gasteiger partial charge in [0, 0.05) is 11.2 Å². The van der Waals surface area contributed by atoms with Crippen LogP contribution in [-0.2, 0) is 13.1 Å². The largest absolute Gasteiger partial charge is 0.311 e. The summed E-state index contributed by atoms with van der Waals surface area (Å²) in [5.74, 6) is 0.900. The van der Waals surface area contributed by atoms with Crippen LogP contribution < -0.4 is 5.32 Å². The maximum absolute atomic E-state index is 4.25. The summed E-state index contributed by atoms with van der Waals surface area (Å²) in [6.07, 6.45) is 4.81. The van der Waals surface area contributed by atoms with Gasteiger partial charge in [0.25, 0.3) is 0 Å². The van der Waals surface area contributed by atoms with Gasteiger partial charge in [-0.1, -0.05) is 23.4 Å². The molecule has 3 aromatic rings. The van der Waals surface area contributed by atoms with Crippen molar-refractivity contribution in [2.45, 2.75) is 25.9 Å². The minimum atomic E-state index is 0.791. The van der Waals surface area contributed by atoms with Crippen molar-refractivity contribution >= 4 is 21.4 Å². The van der Waals surface area contributed by atoms with Crippen molar-refractivity contribution in [3.8, 4) is 0 Å². The Bertz CT molecular complexity index is 741. The number of hydrogen-bond donors (Lipinski definition) is 1. The quantitative estimate of drug-likeness (QED) is 0.760. The first-order valence-corrected chi connectivity index (χ1v) is 8.31. The molecule has 0 spiro atoms. The number of rotatable bonds is 6. The zero-order chi connectivity index (χ0) is 14.1. The highest BCUT2D eigenvalue weighted by molar-refractivity contribution is 7.17. The van der Waals surface area contributed by atoms with E-state index in [1.165, 1.54) is 28.5 Å². The molecule has 1 saturated carbocycles. The summed E-state index contributed by atoms with van der Waals surface area (Å²) in [6.45, 7) is 2.72. The van der Waals surface area contributed by atoms with Crippen LogP contribution in [0.15, 0.2) is 35.8 Å². The van der Waals surface area contributed by atoms with Gasteiger partial charge in [0.2, 0.25) is 0 Å². The van der Waals surface area contributed by atoms with Crippen LogP contribution in [-0.4, -0.2) is 21.5 Å². The number of hydrogen-bond acceptors (Lipinski definition) is 4. The van der Waals surface area contributed by atoms with E-state index in [0.29, 0.717) is 0 Å². The Balaban J connectivity index is 1.43. The SMILES string of the molecule is c1ccc2c(Cn3cc(CNCC4CC4)nn3)csc2c1. The summed E-state index contributed by atoms with van der Waals surface area (Å²) < 4.78 is 3.27. The third-order valence-corrected chi connectivity index (χ3v) is 4.93. The molecule has 0 saturated heterocycles. The Morgan fingerprint density at radius 3 is 3.10 bits per heavy atom. The third-order valence-electron chi connectivity index (χ3n) is 3.92. The molecule has 1 fully saturated rings.